The molecule has 3 heterocycles. The number of H-pyrrole nitrogens is 1. The molecular weight excluding hydrogens is 340 g/mol. The standard InChI is InChI=1S/C21H26N4O2/c1-22-21(26)20-16(12-27-3)19-15-10-14(13-6-8-25(2)9-7-13)4-5-17(15)24-18(19)11-23-20/h4-5,10-11,13,24H,6-9,12H2,1-3H3,(H,22,26). The van der Waals surface area contributed by atoms with Crippen LogP contribution >= 0.6 is 0 Å². The quantitative estimate of drug-likeness (QED) is 0.745. The van der Waals surface area contributed by atoms with Crippen LogP contribution in [0.4, 0.5) is 0 Å². The van der Waals surface area contributed by atoms with E-state index in [1.165, 1.54) is 18.4 Å². The molecule has 0 radical (unpaired) electrons. The highest BCUT2D eigenvalue weighted by Gasteiger charge is 2.21. The molecule has 0 aliphatic carbocycles. The Bertz CT molecular complexity index is 987. The molecule has 142 valence electrons. The Morgan fingerprint density at radius 3 is 2.81 bits per heavy atom. The summed E-state index contributed by atoms with van der Waals surface area (Å²) < 4.78 is 5.41. The van der Waals surface area contributed by atoms with Gasteiger partial charge in [0, 0.05) is 36.0 Å². The third-order valence-electron chi connectivity index (χ3n) is 5.68. The second-order valence-electron chi connectivity index (χ2n) is 7.39. The lowest BCUT2D eigenvalue weighted by Gasteiger charge is -2.29. The normalized spacial score (nSPS) is 16.3. The van der Waals surface area contributed by atoms with Crippen molar-refractivity contribution in [3.05, 3.63) is 41.2 Å². The van der Waals surface area contributed by atoms with Gasteiger partial charge in [-0.25, -0.2) is 4.98 Å². The second kappa shape index (κ2) is 7.29. The summed E-state index contributed by atoms with van der Waals surface area (Å²) in [5.74, 6) is 0.395. The molecule has 1 fully saturated rings. The number of pyridine rings is 1. The number of amides is 1. The van der Waals surface area contributed by atoms with Crippen molar-refractivity contribution in [2.75, 3.05) is 34.3 Å². The molecule has 1 saturated heterocycles. The molecule has 27 heavy (non-hydrogen) atoms. The Kier molecular flexibility index (Phi) is 4.85. The highest BCUT2D eigenvalue weighted by molar-refractivity contribution is 6.11. The van der Waals surface area contributed by atoms with Crippen molar-refractivity contribution in [1.29, 1.82) is 0 Å². The topological polar surface area (TPSA) is 70.2 Å². The van der Waals surface area contributed by atoms with Crippen molar-refractivity contribution >= 4 is 27.7 Å². The Labute approximate surface area is 158 Å². The minimum Gasteiger partial charge on any atom is -0.380 e. The van der Waals surface area contributed by atoms with Gasteiger partial charge in [-0.1, -0.05) is 6.07 Å². The maximum Gasteiger partial charge on any atom is 0.270 e. The maximum atomic E-state index is 12.3. The van der Waals surface area contributed by atoms with Crippen molar-refractivity contribution in [2.45, 2.75) is 25.4 Å². The van der Waals surface area contributed by atoms with E-state index in [4.69, 9.17) is 4.74 Å². The van der Waals surface area contributed by atoms with Gasteiger partial charge in [0.15, 0.2) is 0 Å². The minimum absolute atomic E-state index is 0.190. The number of nitrogens with zero attached hydrogens (tertiary/aromatic N) is 2. The van der Waals surface area contributed by atoms with E-state index in [0.29, 0.717) is 18.2 Å². The van der Waals surface area contributed by atoms with E-state index in [1.54, 1.807) is 20.4 Å². The summed E-state index contributed by atoms with van der Waals surface area (Å²) in [4.78, 5) is 22.5. The van der Waals surface area contributed by atoms with E-state index in [2.05, 4.69) is 45.4 Å². The van der Waals surface area contributed by atoms with E-state index in [9.17, 15) is 4.79 Å². The molecule has 1 amide bonds. The molecular formula is C21H26N4O2. The monoisotopic (exact) mass is 366 g/mol. The number of fused-ring (bicyclic) bond motifs is 3. The number of carbonyl (C=O) groups is 1. The molecule has 2 aromatic heterocycles. The van der Waals surface area contributed by atoms with Crippen LogP contribution in [0.1, 0.15) is 40.4 Å². The van der Waals surface area contributed by atoms with Crippen LogP contribution in [0.25, 0.3) is 21.8 Å². The van der Waals surface area contributed by atoms with Gasteiger partial charge < -0.3 is 19.9 Å². The summed E-state index contributed by atoms with van der Waals surface area (Å²) in [6.07, 6.45) is 4.11. The first-order valence-electron chi connectivity index (χ1n) is 9.45. The molecule has 3 aromatic rings. The van der Waals surface area contributed by atoms with Gasteiger partial charge in [-0.3, -0.25) is 4.79 Å². The molecule has 6 nitrogen and oxygen atoms in total. The summed E-state index contributed by atoms with van der Waals surface area (Å²) >= 11 is 0. The first kappa shape index (κ1) is 17.9. The first-order valence-corrected chi connectivity index (χ1v) is 9.45. The zero-order valence-corrected chi connectivity index (χ0v) is 16.1. The van der Waals surface area contributed by atoms with E-state index < -0.39 is 0 Å². The Balaban J connectivity index is 1.88. The molecule has 0 spiro atoms. The highest BCUT2D eigenvalue weighted by atomic mass is 16.5. The van der Waals surface area contributed by atoms with E-state index in [1.807, 2.05) is 0 Å². The van der Waals surface area contributed by atoms with E-state index in [0.717, 1.165) is 40.5 Å². The number of ether oxygens (including phenoxy) is 1. The van der Waals surface area contributed by atoms with Crippen molar-refractivity contribution in [3.8, 4) is 0 Å². The predicted octanol–water partition coefficient (Wildman–Crippen LogP) is 3.03. The van der Waals surface area contributed by atoms with Gasteiger partial charge in [-0.05, 0) is 56.6 Å². The number of hydrogen-bond acceptors (Lipinski definition) is 4. The zero-order valence-electron chi connectivity index (χ0n) is 16.1. The van der Waals surface area contributed by atoms with Crippen molar-refractivity contribution in [3.63, 3.8) is 0 Å². The number of methoxy groups -OCH3 is 1. The SMILES string of the molecule is CNC(=O)c1ncc2[nH]c3ccc(C4CCN(C)CC4)cc3c2c1COC. The maximum absolute atomic E-state index is 12.3. The average Bonchev–Trinajstić information content (AvgIpc) is 3.06. The predicted molar refractivity (Wildman–Crippen MR) is 107 cm³/mol. The van der Waals surface area contributed by atoms with Gasteiger partial charge in [-0.15, -0.1) is 0 Å². The third-order valence-corrected chi connectivity index (χ3v) is 5.68. The number of rotatable bonds is 4. The van der Waals surface area contributed by atoms with Crippen LogP contribution < -0.4 is 5.32 Å². The van der Waals surface area contributed by atoms with Crippen LogP contribution in [-0.2, 0) is 11.3 Å². The lowest BCUT2D eigenvalue weighted by Crippen LogP contribution is -2.29. The Morgan fingerprint density at radius 1 is 1.33 bits per heavy atom. The van der Waals surface area contributed by atoms with Crippen LogP contribution in [-0.4, -0.2) is 55.1 Å². The number of piperidine rings is 1. The number of likely N-dealkylation sites (tertiary alicyclic amines) is 1. The molecule has 1 aromatic carbocycles. The molecule has 0 bridgehead atoms. The average molecular weight is 366 g/mol. The largest absolute Gasteiger partial charge is 0.380 e. The number of hydrogen-bond donors (Lipinski definition) is 2. The first-order chi connectivity index (χ1) is 13.1. The summed E-state index contributed by atoms with van der Waals surface area (Å²) in [5, 5.41) is 4.86. The van der Waals surface area contributed by atoms with Gasteiger partial charge in [0.2, 0.25) is 0 Å². The van der Waals surface area contributed by atoms with Crippen LogP contribution in [0.15, 0.2) is 24.4 Å². The van der Waals surface area contributed by atoms with Gasteiger partial charge >= 0.3 is 0 Å². The van der Waals surface area contributed by atoms with Gasteiger partial charge in [0.1, 0.15) is 5.69 Å². The second-order valence-corrected chi connectivity index (χ2v) is 7.39. The molecule has 0 atom stereocenters. The summed E-state index contributed by atoms with van der Waals surface area (Å²) in [7, 11) is 5.45. The number of carbonyl (C=O) groups excluding carboxylic acids is 1. The highest BCUT2D eigenvalue weighted by Crippen LogP contribution is 2.34. The van der Waals surface area contributed by atoms with Crippen molar-refractivity contribution in [1.82, 2.24) is 20.2 Å². The lowest BCUT2D eigenvalue weighted by molar-refractivity contribution is 0.0953. The fourth-order valence-corrected chi connectivity index (χ4v) is 4.17. The zero-order chi connectivity index (χ0) is 19.0. The number of aromatic nitrogens is 2. The van der Waals surface area contributed by atoms with E-state index >= 15 is 0 Å². The van der Waals surface area contributed by atoms with Gasteiger partial charge in [0.05, 0.1) is 18.3 Å². The van der Waals surface area contributed by atoms with Crippen LogP contribution in [0.2, 0.25) is 0 Å². The molecule has 1 aliphatic heterocycles. The smallest absolute Gasteiger partial charge is 0.270 e. The molecule has 4 rings (SSSR count). The summed E-state index contributed by atoms with van der Waals surface area (Å²) in [6.45, 7) is 2.62. The van der Waals surface area contributed by atoms with Crippen LogP contribution in [0.5, 0.6) is 0 Å². The molecule has 0 unspecified atom stereocenters. The lowest BCUT2D eigenvalue weighted by atomic mass is 9.88. The number of benzene rings is 1. The van der Waals surface area contributed by atoms with Gasteiger partial charge in [0.25, 0.3) is 5.91 Å². The number of nitrogens with one attached hydrogen (secondary N) is 2. The van der Waals surface area contributed by atoms with Gasteiger partial charge in [-0.2, -0.15) is 0 Å². The Morgan fingerprint density at radius 2 is 2.11 bits per heavy atom. The minimum atomic E-state index is -0.190. The number of aromatic amines is 1. The molecule has 0 saturated carbocycles. The van der Waals surface area contributed by atoms with Crippen LogP contribution in [0, 0.1) is 0 Å². The third kappa shape index (κ3) is 3.19. The van der Waals surface area contributed by atoms with Crippen LogP contribution in [0.3, 0.4) is 0 Å². The fraction of sp³-hybridized carbons (Fsp3) is 0.429. The van der Waals surface area contributed by atoms with E-state index in [-0.39, 0.29) is 5.91 Å². The summed E-state index contributed by atoms with van der Waals surface area (Å²) in [5.41, 5.74) is 4.64. The van der Waals surface area contributed by atoms with Crippen molar-refractivity contribution < 1.29 is 9.53 Å². The summed E-state index contributed by atoms with van der Waals surface area (Å²) in [6, 6.07) is 6.67. The van der Waals surface area contributed by atoms with Crippen molar-refractivity contribution in [2.24, 2.45) is 0 Å². The molecule has 6 heteroatoms. The fourth-order valence-electron chi connectivity index (χ4n) is 4.17. The molecule has 1 aliphatic rings. The Hall–Kier alpha value is -2.44. The molecule has 2 N–H and O–H groups in total.